The molecule has 0 bridgehead atoms. The van der Waals surface area contributed by atoms with Crippen molar-refractivity contribution >= 4 is 11.8 Å². The fourth-order valence-electron chi connectivity index (χ4n) is 1.15. The van der Waals surface area contributed by atoms with Crippen LogP contribution in [0.15, 0.2) is 6.20 Å². The lowest BCUT2D eigenvalue weighted by Gasteiger charge is -2.04. The van der Waals surface area contributed by atoms with Crippen LogP contribution in [0.5, 0.6) is 0 Å². The fourth-order valence-corrected chi connectivity index (χ4v) is 1.15. The molecule has 0 aliphatic carbocycles. The van der Waals surface area contributed by atoms with Gasteiger partial charge in [-0.1, -0.05) is 5.21 Å². The topological polar surface area (TPSA) is 115 Å². The van der Waals surface area contributed by atoms with E-state index in [1.54, 1.807) is 6.20 Å². The summed E-state index contributed by atoms with van der Waals surface area (Å²) in [6.07, 6.45) is 1.59. The summed E-state index contributed by atoms with van der Waals surface area (Å²) in [6, 6.07) is 0. The van der Waals surface area contributed by atoms with Gasteiger partial charge in [0, 0.05) is 13.1 Å². The van der Waals surface area contributed by atoms with Crippen LogP contribution in [0.4, 0.5) is 0 Å². The summed E-state index contributed by atoms with van der Waals surface area (Å²) in [5, 5.41) is 12.5. The van der Waals surface area contributed by atoms with E-state index < -0.39 is 0 Å². The Balaban J connectivity index is 2.32. The normalized spacial score (nSPS) is 10.0. The molecule has 0 saturated heterocycles. The van der Waals surface area contributed by atoms with Gasteiger partial charge in [0.15, 0.2) is 0 Å². The Hall–Kier alpha value is -1.96. The number of hydrogen-bond donors (Lipinski definition) is 3. The second-order valence-corrected chi connectivity index (χ2v) is 3.34. The monoisotopic (exact) mass is 240 g/mol. The van der Waals surface area contributed by atoms with E-state index in [0.717, 1.165) is 0 Å². The number of nitrogens with one attached hydrogen (secondary N) is 2. The van der Waals surface area contributed by atoms with E-state index in [2.05, 4.69) is 20.9 Å². The Morgan fingerprint density at radius 2 is 2.18 bits per heavy atom. The highest BCUT2D eigenvalue weighted by Gasteiger charge is 2.06. The van der Waals surface area contributed by atoms with Crippen molar-refractivity contribution in [2.45, 2.75) is 20.0 Å². The fraction of sp³-hybridized carbons (Fsp3) is 0.556. The summed E-state index contributed by atoms with van der Waals surface area (Å²) >= 11 is 0. The zero-order valence-corrected chi connectivity index (χ0v) is 9.64. The highest BCUT2D eigenvalue weighted by molar-refractivity contribution is 5.84. The van der Waals surface area contributed by atoms with Crippen molar-refractivity contribution < 1.29 is 9.59 Å². The highest BCUT2D eigenvalue weighted by atomic mass is 16.2. The molecule has 2 amide bonds. The highest BCUT2D eigenvalue weighted by Crippen LogP contribution is 1.90. The number of carbonyl (C=O) groups is 2. The summed E-state index contributed by atoms with van der Waals surface area (Å²) < 4.78 is 1.37. The smallest absolute Gasteiger partial charge is 0.242 e. The summed E-state index contributed by atoms with van der Waals surface area (Å²) in [4.78, 5) is 22.5. The number of aromatic nitrogens is 3. The van der Waals surface area contributed by atoms with E-state index in [1.165, 1.54) is 4.68 Å². The first-order valence-electron chi connectivity index (χ1n) is 5.28. The van der Waals surface area contributed by atoms with Crippen molar-refractivity contribution in [3.63, 3.8) is 0 Å². The average molecular weight is 240 g/mol. The van der Waals surface area contributed by atoms with Crippen molar-refractivity contribution in [2.75, 3.05) is 13.1 Å². The summed E-state index contributed by atoms with van der Waals surface area (Å²) in [6.45, 7) is 2.61. The van der Waals surface area contributed by atoms with Crippen LogP contribution in [0, 0.1) is 0 Å². The van der Waals surface area contributed by atoms with Gasteiger partial charge in [0.1, 0.15) is 6.54 Å². The molecule has 0 saturated carbocycles. The standard InChI is InChI=1S/C9H16N6O2/c1-2-11-8(16)4-12-9(17)6-15-5-7(3-10)13-14-15/h5H,2-4,6,10H2,1H3,(H,11,16)(H,12,17). The lowest BCUT2D eigenvalue weighted by atomic mass is 10.5. The molecule has 1 aromatic heterocycles. The second-order valence-electron chi connectivity index (χ2n) is 3.34. The van der Waals surface area contributed by atoms with Gasteiger partial charge < -0.3 is 16.4 Å². The van der Waals surface area contributed by atoms with Crippen LogP contribution in [0.1, 0.15) is 12.6 Å². The number of carbonyl (C=O) groups excluding carboxylic acids is 2. The molecule has 8 nitrogen and oxygen atoms in total. The molecule has 4 N–H and O–H groups in total. The van der Waals surface area contributed by atoms with Crippen molar-refractivity contribution in [2.24, 2.45) is 5.73 Å². The first kappa shape index (κ1) is 13.1. The SMILES string of the molecule is CCNC(=O)CNC(=O)Cn1cc(CN)nn1. The third-order valence-electron chi connectivity index (χ3n) is 1.92. The molecule has 0 aromatic carbocycles. The minimum absolute atomic E-state index is 0.0202. The van der Waals surface area contributed by atoms with E-state index in [1.807, 2.05) is 6.92 Å². The van der Waals surface area contributed by atoms with E-state index in [9.17, 15) is 9.59 Å². The van der Waals surface area contributed by atoms with Gasteiger partial charge in [-0.15, -0.1) is 5.10 Å². The Morgan fingerprint density at radius 3 is 2.76 bits per heavy atom. The van der Waals surface area contributed by atoms with Gasteiger partial charge in [-0.2, -0.15) is 0 Å². The van der Waals surface area contributed by atoms with Crippen molar-refractivity contribution in [3.8, 4) is 0 Å². The first-order chi connectivity index (χ1) is 8.15. The minimum Gasteiger partial charge on any atom is -0.355 e. The Labute approximate surface area is 98.5 Å². The average Bonchev–Trinajstić information content (AvgIpc) is 2.74. The van der Waals surface area contributed by atoms with E-state index in [-0.39, 0.29) is 31.4 Å². The molecule has 17 heavy (non-hydrogen) atoms. The van der Waals surface area contributed by atoms with Crippen LogP contribution < -0.4 is 16.4 Å². The number of nitrogens with two attached hydrogens (primary N) is 1. The summed E-state index contributed by atoms with van der Waals surface area (Å²) in [5.74, 6) is -0.521. The minimum atomic E-state index is -0.301. The van der Waals surface area contributed by atoms with Crippen LogP contribution in [0.25, 0.3) is 0 Å². The molecular weight excluding hydrogens is 224 g/mol. The van der Waals surface area contributed by atoms with Crippen LogP contribution >= 0.6 is 0 Å². The molecule has 0 atom stereocenters. The Morgan fingerprint density at radius 1 is 1.41 bits per heavy atom. The number of likely N-dealkylation sites (N-methyl/N-ethyl adjacent to an activating group) is 1. The van der Waals surface area contributed by atoms with Crippen LogP contribution in [-0.2, 0) is 22.7 Å². The molecule has 0 fully saturated rings. The molecule has 0 spiro atoms. The maximum atomic E-state index is 11.4. The lowest BCUT2D eigenvalue weighted by Crippen LogP contribution is -2.38. The van der Waals surface area contributed by atoms with Crippen LogP contribution in [0.2, 0.25) is 0 Å². The number of rotatable bonds is 6. The van der Waals surface area contributed by atoms with E-state index >= 15 is 0 Å². The number of hydrogen-bond acceptors (Lipinski definition) is 5. The van der Waals surface area contributed by atoms with E-state index in [4.69, 9.17) is 5.73 Å². The quantitative estimate of drug-likeness (QED) is 0.531. The van der Waals surface area contributed by atoms with Gasteiger partial charge in [0.2, 0.25) is 11.8 Å². The number of nitrogens with zero attached hydrogens (tertiary/aromatic N) is 3. The van der Waals surface area contributed by atoms with Crippen LogP contribution in [-0.4, -0.2) is 39.9 Å². The molecule has 0 aliphatic heterocycles. The molecule has 0 unspecified atom stereocenters. The third-order valence-corrected chi connectivity index (χ3v) is 1.92. The van der Waals surface area contributed by atoms with Crippen LogP contribution in [0.3, 0.4) is 0 Å². The first-order valence-corrected chi connectivity index (χ1v) is 5.28. The van der Waals surface area contributed by atoms with Crippen molar-refractivity contribution in [1.82, 2.24) is 25.6 Å². The summed E-state index contributed by atoms with van der Waals surface area (Å²) in [5.41, 5.74) is 5.97. The maximum absolute atomic E-state index is 11.4. The lowest BCUT2D eigenvalue weighted by molar-refractivity contribution is -0.126. The predicted molar refractivity (Wildman–Crippen MR) is 59.6 cm³/mol. The van der Waals surface area contributed by atoms with Crippen molar-refractivity contribution in [1.29, 1.82) is 0 Å². The molecule has 94 valence electrons. The number of amides is 2. The van der Waals surface area contributed by atoms with Gasteiger partial charge in [-0.3, -0.25) is 9.59 Å². The Kier molecular flexibility index (Phi) is 5.08. The molecular formula is C9H16N6O2. The van der Waals surface area contributed by atoms with Gasteiger partial charge in [0.05, 0.1) is 18.4 Å². The van der Waals surface area contributed by atoms with Gasteiger partial charge in [0.25, 0.3) is 0 Å². The molecule has 8 heteroatoms. The Bertz CT molecular complexity index is 389. The predicted octanol–water partition coefficient (Wildman–Crippen LogP) is -2.01. The zero-order valence-electron chi connectivity index (χ0n) is 9.64. The van der Waals surface area contributed by atoms with Gasteiger partial charge in [-0.25, -0.2) is 4.68 Å². The largest absolute Gasteiger partial charge is 0.355 e. The summed E-state index contributed by atoms with van der Waals surface area (Å²) in [7, 11) is 0. The van der Waals surface area contributed by atoms with Crippen molar-refractivity contribution in [3.05, 3.63) is 11.9 Å². The molecule has 1 heterocycles. The molecule has 0 aliphatic rings. The third kappa shape index (κ3) is 4.60. The molecule has 1 rings (SSSR count). The molecule has 1 aromatic rings. The maximum Gasteiger partial charge on any atom is 0.242 e. The van der Waals surface area contributed by atoms with Gasteiger partial charge >= 0.3 is 0 Å². The second kappa shape index (κ2) is 6.59. The molecule has 0 radical (unpaired) electrons. The van der Waals surface area contributed by atoms with E-state index in [0.29, 0.717) is 12.2 Å². The van der Waals surface area contributed by atoms with Gasteiger partial charge in [-0.05, 0) is 6.92 Å². The zero-order chi connectivity index (χ0) is 12.7.